The molecular formula is C20H17N3O2S. The zero-order valence-electron chi connectivity index (χ0n) is 14.4. The van der Waals surface area contributed by atoms with Gasteiger partial charge in [0, 0.05) is 22.5 Å². The third-order valence-corrected chi connectivity index (χ3v) is 5.03. The van der Waals surface area contributed by atoms with E-state index in [1.165, 1.54) is 11.3 Å². The van der Waals surface area contributed by atoms with E-state index in [-0.39, 0.29) is 5.88 Å². The highest BCUT2D eigenvalue weighted by molar-refractivity contribution is 7.16. The Kier molecular flexibility index (Phi) is 4.18. The van der Waals surface area contributed by atoms with Crippen molar-refractivity contribution >= 4 is 45.2 Å². The number of allylic oxidation sites excluding steroid dienone is 1. The van der Waals surface area contributed by atoms with Gasteiger partial charge in [-0.1, -0.05) is 29.5 Å². The van der Waals surface area contributed by atoms with Crippen LogP contribution in [0.3, 0.4) is 0 Å². The van der Waals surface area contributed by atoms with Crippen LogP contribution in [0, 0.1) is 0 Å². The number of methoxy groups -OCH3 is 1. The van der Waals surface area contributed by atoms with Crippen LogP contribution in [0.2, 0.25) is 0 Å². The van der Waals surface area contributed by atoms with Gasteiger partial charge in [0.2, 0.25) is 5.88 Å². The van der Waals surface area contributed by atoms with Gasteiger partial charge in [0.25, 0.3) is 0 Å². The fourth-order valence-electron chi connectivity index (χ4n) is 2.82. The van der Waals surface area contributed by atoms with Crippen molar-refractivity contribution in [2.75, 3.05) is 12.4 Å². The van der Waals surface area contributed by atoms with Crippen LogP contribution < -0.4 is 10.1 Å². The number of rotatable bonds is 4. The van der Waals surface area contributed by atoms with Gasteiger partial charge in [-0.3, -0.25) is 4.99 Å². The lowest BCUT2D eigenvalue weighted by Gasteiger charge is -2.03. The molecule has 0 atom stereocenters. The quantitative estimate of drug-likeness (QED) is 0.664. The summed E-state index contributed by atoms with van der Waals surface area (Å²) in [5, 5.41) is 14.1. The van der Waals surface area contributed by atoms with Gasteiger partial charge in [0.1, 0.15) is 5.75 Å². The lowest BCUT2D eigenvalue weighted by atomic mass is 10.0. The van der Waals surface area contributed by atoms with Crippen molar-refractivity contribution in [2.24, 2.45) is 4.99 Å². The second-order valence-corrected chi connectivity index (χ2v) is 6.86. The van der Waals surface area contributed by atoms with Gasteiger partial charge in [-0.2, -0.15) is 4.98 Å². The van der Waals surface area contributed by atoms with Crippen molar-refractivity contribution in [1.82, 2.24) is 4.98 Å². The standard InChI is InChI=1S/C20H17N3O2S/c1-12-16(15-5-3-4-6-17(15)21-12)11-18-19(24)23-20(26-18)22-13-7-9-14(25-2)10-8-13/h3-11,24H,1-2H3,(H,22,23). The Morgan fingerprint density at radius 2 is 1.88 bits per heavy atom. The smallest absolute Gasteiger partial charge is 0.231 e. The van der Waals surface area contributed by atoms with Gasteiger partial charge in [0.15, 0.2) is 5.13 Å². The minimum absolute atomic E-state index is 0.00990. The van der Waals surface area contributed by atoms with Crippen molar-refractivity contribution in [3.63, 3.8) is 0 Å². The zero-order chi connectivity index (χ0) is 18.1. The molecule has 0 saturated carbocycles. The van der Waals surface area contributed by atoms with Gasteiger partial charge in [-0.05, 0) is 43.3 Å². The lowest BCUT2D eigenvalue weighted by Crippen LogP contribution is -1.89. The Morgan fingerprint density at radius 1 is 1.12 bits per heavy atom. The molecule has 0 amide bonds. The Morgan fingerprint density at radius 3 is 2.65 bits per heavy atom. The van der Waals surface area contributed by atoms with Crippen molar-refractivity contribution in [2.45, 2.75) is 6.92 Å². The number of anilines is 2. The molecule has 2 aromatic carbocycles. The molecule has 2 heterocycles. The number of ether oxygens (including phenoxy) is 1. The highest BCUT2D eigenvalue weighted by Crippen LogP contribution is 2.39. The molecule has 0 fully saturated rings. The summed E-state index contributed by atoms with van der Waals surface area (Å²) in [6.45, 7) is 1.97. The van der Waals surface area contributed by atoms with Crippen molar-refractivity contribution in [3.8, 4) is 11.6 Å². The Bertz CT molecular complexity index is 1020. The van der Waals surface area contributed by atoms with Gasteiger partial charge in [0.05, 0.1) is 17.7 Å². The van der Waals surface area contributed by atoms with E-state index in [0.717, 1.165) is 34.0 Å². The molecule has 4 rings (SSSR count). The van der Waals surface area contributed by atoms with Crippen LogP contribution in [-0.4, -0.2) is 22.9 Å². The van der Waals surface area contributed by atoms with E-state index in [1.807, 2.05) is 61.5 Å². The number of aromatic nitrogens is 1. The van der Waals surface area contributed by atoms with Crippen LogP contribution in [0.1, 0.15) is 17.4 Å². The van der Waals surface area contributed by atoms with Gasteiger partial charge in [-0.15, -0.1) is 0 Å². The fourth-order valence-corrected chi connectivity index (χ4v) is 3.64. The number of nitrogens with zero attached hydrogens (tertiary/aromatic N) is 2. The minimum Gasteiger partial charge on any atom is -0.497 e. The minimum atomic E-state index is 0.00990. The van der Waals surface area contributed by atoms with Crippen LogP contribution >= 0.6 is 11.3 Å². The molecule has 0 unspecified atom stereocenters. The van der Waals surface area contributed by atoms with Crippen LogP contribution in [0.15, 0.2) is 53.5 Å². The number of nitrogens with one attached hydrogen (secondary N) is 1. The van der Waals surface area contributed by atoms with E-state index in [4.69, 9.17) is 4.74 Å². The lowest BCUT2D eigenvalue weighted by molar-refractivity contribution is 0.415. The van der Waals surface area contributed by atoms with Gasteiger partial charge in [-0.25, -0.2) is 0 Å². The van der Waals surface area contributed by atoms with Crippen molar-refractivity contribution in [3.05, 3.63) is 59.0 Å². The molecule has 1 aliphatic heterocycles. The SMILES string of the molecule is COc1ccc(Nc2nc(O)c(C=C3C(C)=Nc4ccccc43)s2)cc1. The van der Waals surface area contributed by atoms with Crippen LogP contribution in [-0.2, 0) is 0 Å². The second-order valence-electron chi connectivity index (χ2n) is 5.83. The summed E-state index contributed by atoms with van der Waals surface area (Å²) in [7, 11) is 1.63. The van der Waals surface area contributed by atoms with Crippen LogP contribution in [0.25, 0.3) is 11.6 Å². The predicted molar refractivity (Wildman–Crippen MR) is 107 cm³/mol. The maximum absolute atomic E-state index is 10.2. The summed E-state index contributed by atoms with van der Waals surface area (Å²) in [6.07, 6.45) is 1.94. The molecule has 0 spiro atoms. The number of benzene rings is 2. The van der Waals surface area contributed by atoms with Crippen LogP contribution in [0.4, 0.5) is 16.5 Å². The summed E-state index contributed by atoms with van der Waals surface area (Å²) < 4.78 is 5.16. The maximum Gasteiger partial charge on any atom is 0.231 e. The first-order valence-corrected chi connectivity index (χ1v) is 8.93. The first-order valence-electron chi connectivity index (χ1n) is 8.11. The maximum atomic E-state index is 10.2. The molecule has 0 radical (unpaired) electrons. The van der Waals surface area contributed by atoms with E-state index in [9.17, 15) is 5.11 Å². The molecule has 130 valence electrons. The Labute approximate surface area is 155 Å². The number of hydrogen-bond donors (Lipinski definition) is 2. The van der Waals surface area contributed by atoms with Crippen molar-refractivity contribution < 1.29 is 9.84 Å². The zero-order valence-corrected chi connectivity index (χ0v) is 15.2. The molecule has 1 aromatic heterocycles. The molecule has 26 heavy (non-hydrogen) atoms. The molecule has 1 aliphatic rings. The fraction of sp³-hybridized carbons (Fsp3) is 0.100. The third kappa shape index (κ3) is 3.07. The number of hydrogen-bond acceptors (Lipinski definition) is 6. The highest BCUT2D eigenvalue weighted by Gasteiger charge is 2.18. The first-order chi connectivity index (χ1) is 12.6. The number of aliphatic imine (C=N–C) groups is 1. The predicted octanol–water partition coefficient (Wildman–Crippen LogP) is 5.25. The Balaban J connectivity index is 1.62. The second kappa shape index (κ2) is 6.65. The molecule has 2 N–H and O–H groups in total. The molecular weight excluding hydrogens is 346 g/mol. The largest absolute Gasteiger partial charge is 0.497 e. The first kappa shape index (κ1) is 16.4. The summed E-state index contributed by atoms with van der Waals surface area (Å²) in [5.41, 5.74) is 4.85. The van der Waals surface area contributed by atoms with E-state index < -0.39 is 0 Å². The van der Waals surface area contributed by atoms with Gasteiger partial charge < -0.3 is 15.2 Å². The summed E-state index contributed by atoms with van der Waals surface area (Å²) in [4.78, 5) is 9.49. The topological polar surface area (TPSA) is 66.7 Å². The van der Waals surface area contributed by atoms with E-state index >= 15 is 0 Å². The number of aromatic hydroxyl groups is 1. The summed E-state index contributed by atoms with van der Waals surface area (Å²) in [5.74, 6) is 0.799. The Hall–Kier alpha value is -3.12. The van der Waals surface area contributed by atoms with Gasteiger partial charge >= 0.3 is 0 Å². The number of fused-ring (bicyclic) bond motifs is 1. The monoisotopic (exact) mass is 363 g/mol. The normalized spacial score (nSPS) is 14.2. The van der Waals surface area contributed by atoms with Crippen LogP contribution in [0.5, 0.6) is 11.6 Å². The average molecular weight is 363 g/mol. The number of thiazole rings is 1. The molecule has 0 aliphatic carbocycles. The summed E-state index contributed by atoms with van der Waals surface area (Å²) >= 11 is 1.39. The molecule has 3 aromatic rings. The number of para-hydroxylation sites is 1. The molecule has 6 heteroatoms. The van der Waals surface area contributed by atoms with E-state index in [1.54, 1.807) is 7.11 Å². The third-order valence-electron chi connectivity index (χ3n) is 4.12. The van der Waals surface area contributed by atoms with E-state index in [2.05, 4.69) is 15.3 Å². The molecule has 5 nitrogen and oxygen atoms in total. The average Bonchev–Trinajstić information content (AvgIpc) is 3.15. The van der Waals surface area contributed by atoms with Crippen molar-refractivity contribution in [1.29, 1.82) is 0 Å². The van der Waals surface area contributed by atoms with E-state index in [0.29, 0.717) is 10.0 Å². The molecule has 0 bridgehead atoms. The summed E-state index contributed by atoms with van der Waals surface area (Å²) in [6, 6.07) is 15.5. The highest BCUT2D eigenvalue weighted by atomic mass is 32.1. The molecule has 0 saturated heterocycles.